The van der Waals surface area contributed by atoms with Crippen LogP contribution >= 0.6 is 0 Å². The number of rotatable bonds is 5. The zero-order chi connectivity index (χ0) is 16.3. The van der Waals surface area contributed by atoms with Crippen molar-refractivity contribution in [2.75, 3.05) is 6.61 Å². The summed E-state index contributed by atoms with van der Waals surface area (Å²) in [5, 5.41) is 9.86. The minimum Gasteiger partial charge on any atom is -0.464 e. The zero-order valence-corrected chi connectivity index (χ0v) is 12.0. The van der Waals surface area contributed by atoms with Crippen molar-refractivity contribution in [1.29, 1.82) is 0 Å². The zero-order valence-electron chi connectivity index (χ0n) is 12.0. The minimum atomic E-state index is -1.25. The molecule has 3 atom stereocenters. The Morgan fingerprint density at radius 2 is 2.32 bits per heavy atom. The second-order valence-corrected chi connectivity index (χ2v) is 4.98. The normalized spacial score (nSPS) is 24.4. The summed E-state index contributed by atoms with van der Waals surface area (Å²) < 4.78 is 24.3. The average molecular weight is 316 g/mol. The quantitative estimate of drug-likeness (QED) is 0.568. The molecule has 2 heterocycles. The molecule has 1 aromatic rings. The highest BCUT2D eigenvalue weighted by Crippen LogP contribution is 2.28. The number of carbonyl (C=O) groups excluding carboxylic acids is 1. The Hall–Kier alpha value is -2.00. The third kappa shape index (κ3) is 3.42. The number of H-pyrrole nitrogens is 1. The van der Waals surface area contributed by atoms with Gasteiger partial charge in [0, 0.05) is 6.42 Å². The van der Waals surface area contributed by atoms with Crippen LogP contribution in [0.2, 0.25) is 0 Å². The fourth-order valence-corrected chi connectivity index (χ4v) is 2.11. The van der Waals surface area contributed by atoms with Crippen LogP contribution in [0.5, 0.6) is 0 Å². The molecule has 122 valence electrons. The van der Waals surface area contributed by atoms with Crippen molar-refractivity contribution >= 4 is 5.97 Å². The number of aromatic amines is 1. The van der Waals surface area contributed by atoms with Gasteiger partial charge in [-0.2, -0.15) is 4.39 Å². The predicted molar refractivity (Wildman–Crippen MR) is 71.7 cm³/mol. The van der Waals surface area contributed by atoms with Crippen LogP contribution < -0.4 is 11.2 Å². The minimum absolute atomic E-state index is 0.0983. The first-order chi connectivity index (χ1) is 10.4. The molecule has 3 unspecified atom stereocenters. The Morgan fingerprint density at radius 1 is 1.59 bits per heavy atom. The largest absolute Gasteiger partial charge is 0.464 e. The van der Waals surface area contributed by atoms with Crippen LogP contribution in [0.1, 0.15) is 32.4 Å². The van der Waals surface area contributed by atoms with E-state index in [1.54, 1.807) is 4.98 Å². The molecule has 0 spiro atoms. The van der Waals surface area contributed by atoms with Gasteiger partial charge in [-0.25, -0.2) is 9.59 Å². The lowest BCUT2D eigenvalue weighted by atomic mass is 10.2. The molecule has 1 saturated heterocycles. The van der Waals surface area contributed by atoms with E-state index in [2.05, 4.69) is 0 Å². The topological polar surface area (TPSA) is 111 Å². The van der Waals surface area contributed by atoms with Gasteiger partial charge in [0.15, 0.2) is 6.10 Å². The van der Waals surface area contributed by atoms with Crippen molar-refractivity contribution < 1.29 is 23.8 Å². The monoisotopic (exact) mass is 316 g/mol. The van der Waals surface area contributed by atoms with Crippen LogP contribution in [0.4, 0.5) is 4.39 Å². The third-order valence-corrected chi connectivity index (χ3v) is 3.31. The lowest BCUT2D eigenvalue weighted by Crippen LogP contribution is -2.35. The van der Waals surface area contributed by atoms with E-state index in [1.807, 2.05) is 6.92 Å². The molecule has 1 fully saturated rings. The highest BCUT2D eigenvalue weighted by molar-refractivity contribution is 5.75. The first kappa shape index (κ1) is 16.4. The smallest absolute Gasteiger partial charge is 0.338 e. The Balaban J connectivity index is 2.10. The number of hydrogen-bond donors (Lipinski definition) is 2. The molecule has 1 aromatic heterocycles. The van der Waals surface area contributed by atoms with E-state index in [-0.39, 0.29) is 13.0 Å². The first-order valence-corrected chi connectivity index (χ1v) is 6.95. The summed E-state index contributed by atoms with van der Waals surface area (Å²) >= 11 is 0. The van der Waals surface area contributed by atoms with Crippen molar-refractivity contribution in [2.45, 2.75) is 44.6 Å². The van der Waals surface area contributed by atoms with Crippen molar-refractivity contribution in [3.8, 4) is 0 Å². The second-order valence-electron chi connectivity index (χ2n) is 4.98. The Kier molecular flexibility index (Phi) is 5.09. The van der Waals surface area contributed by atoms with Crippen LogP contribution in [-0.2, 0) is 14.3 Å². The van der Waals surface area contributed by atoms with E-state index in [1.165, 1.54) is 0 Å². The standard InChI is InChI=1S/C13H17FN2O6/c1-2-3-4-21-12(19)10-8(17)5-9(22-10)16-6-7(14)11(18)15-13(16)20/h6,8-10,17H,2-5H2,1H3,(H,15,18,20). The number of ether oxygens (including phenoxy) is 2. The van der Waals surface area contributed by atoms with Crippen LogP contribution in [0, 0.1) is 5.82 Å². The summed E-state index contributed by atoms with van der Waals surface area (Å²) in [5.41, 5.74) is -2.03. The number of unbranched alkanes of at least 4 members (excludes halogenated alkanes) is 1. The highest BCUT2D eigenvalue weighted by atomic mass is 19.1. The molecular formula is C13H17FN2O6. The van der Waals surface area contributed by atoms with Crippen LogP contribution in [-0.4, -0.2) is 39.4 Å². The summed E-state index contributed by atoms with van der Waals surface area (Å²) in [6.07, 6.45) is -1.37. The number of nitrogens with one attached hydrogen (secondary N) is 1. The van der Waals surface area contributed by atoms with E-state index in [0.29, 0.717) is 12.6 Å². The van der Waals surface area contributed by atoms with Gasteiger partial charge in [0.1, 0.15) is 6.23 Å². The highest BCUT2D eigenvalue weighted by Gasteiger charge is 2.41. The third-order valence-electron chi connectivity index (χ3n) is 3.31. The molecule has 0 amide bonds. The number of aliphatic hydroxyl groups is 1. The number of aliphatic hydroxyl groups excluding tert-OH is 1. The van der Waals surface area contributed by atoms with Gasteiger partial charge in [0.25, 0.3) is 5.56 Å². The van der Waals surface area contributed by atoms with Gasteiger partial charge in [0.05, 0.1) is 18.9 Å². The molecule has 0 aromatic carbocycles. The van der Waals surface area contributed by atoms with E-state index >= 15 is 0 Å². The molecule has 0 aliphatic carbocycles. The van der Waals surface area contributed by atoms with Crippen LogP contribution in [0.25, 0.3) is 0 Å². The van der Waals surface area contributed by atoms with Crippen LogP contribution in [0.3, 0.4) is 0 Å². The number of carbonyl (C=O) groups is 1. The fraction of sp³-hybridized carbons (Fsp3) is 0.615. The molecule has 0 bridgehead atoms. The Labute approximate surface area is 124 Å². The van der Waals surface area contributed by atoms with Gasteiger partial charge in [-0.15, -0.1) is 0 Å². The molecule has 2 rings (SSSR count). The summed E-state index contributed by atoms with van der Waals surface area (Å²) in [7, 11) is 0. The van der Waals surface area contributed by atoms with Gasteiger partial charge in [0.2, 0.25) is 5.82 Å². The SMILES string of the molecule is CCCCOC(=O)C1OC(n2cc(F)c(=O)[nH]c2=O)CC1O. The van der Waals surface area contributed by atoms with Crippen LogP contribution in [0.15, 0.2) is 15.8 Å². The average Bonchev–Trinajstić information content (AvgIpc) is 2.85. The Morgan fingerprint density at radius 3 is 3.00 bits per heavy atom. The molecule has 0 radical (unpaired) electrons. The predicted octanol–water partition coefficient (Wildman–Crippen LogP) is -0.333. The number of hydrogen-bond acceptors (Lipinski definition) is 6. The molecule has 9 heteroatoms. The lowest BCUT2D eigenvalue weighted by Gasteiger charge is -2.15. The molecule has 0 saturated carbocycles. The van der Waals surface area contributed by atoms with E-state index < -0.39 is 41.5 Å². The van der Waals surface area contributed by atoms with Crippen molar-refractivity contribution in [3.05, 3.63) is 32.9 Å². The van der Waals surface area contributed by atoms with Gasteiger partial charge in [-0.3, -0.25) is 14.3 Å². The second kappa shape index (κ2) is 6.84. The lowest BCUT2D eigenvalue weighted by molar-refractivity contribution is -0.162. The number of halogens is 1. The molecule has 8 nitrogen and oxygen atoms in total. The molecule has 22 heavy (non-hydrogen) atoms. The number of nitrogens with zero attached hydrogens (tertiary/aromatic N) is 1. The fourth-order valence-electron chi connectivity index (χ4n) is 2.11. The van der Waals surface area contributed by atoms with Crippen molar-refractivity contribution in [1.82, 2.24) is 9.55 Å². The summed E-state index contributed by atoms with van der Waals surface area (Å²) in [6, 6.07) is 0. The van der Waals surface area contributed by atoms with E-state index in [0.717, 1.165) is 11.0 Å². The summed E-state index contributed by atoms with van der Waals surface area (Å²) in [4.78, 5) is 36.2. The number of esters is 1. The molecule has 2 N–H and O–H groups in total. The van der Waals surface area contributed by atoms with Gasteiger partial charge >= 0.3 is 11.7 Å². The van der Waals surface area contributed by atoms with E-state index in [9.17, 15) is 23.9 Å². The maximum atomic E-state index is 13.3. The first-order valence-electron chi connectivity index (χ1n) is 6.95. The summed E-state index contributed by atoms with van der Waals surface area (Å²) in [6.45, 7) is 2.14. The van der Waals surface area contributed by atoms with Gasteiger partial charge in [-0.1, -0.05) is 13.3 Å². The molecule has 1 aliphatic heterocycles. The summed E-state index contributed by atoms with van der Waals surface area (Å²) in [5.74, 6) is -1.90. The van der Waals surface area contributed by atoms with Crippen molar-refractivity contribution in [2.24, 2.45) is 0 Å². The van der Waals surface area contributed by atoms with Gasteiger partial charge < -0.3 is 14.6 Å². The molecule has 1 aliphatic rings. The van der Waals surface area contributed by atoms with E-state index in [4.69, 9.17) is 9.47 Å². The Bertz CT molecular complexity index is 655. The molecular weight excluding hydrogens is 299 g/mol. The van der Waals surface area contributed by atoms with Crippen molar-refractivity contribution in [3.63, 3.8) is 0 Å². The van der Waals surface area contributed by atoms with Gasteiger partial charge in [-0.05, 0) is 6.42 Å². The maximum absolute atomic E-state index is 13.3. The maximum Gasteiger partial charge on any atom is 0.338 e. The number of aromatic nitrogens is 2.